The molecule has 278 valence electrons. The molecule has 1 aliphatic rings. The lowest BCUT2D eigenvalue weighted by atomic mass is 9.80. The third-order valence-corrected chi connectivity index (χ3v) is 9.45. The number of carbonyl (C=O) groups excluding carboxylic acids is 1. The molecular formula is C41H41N5O8. The molecule has 13 nitrogen and oxygen atoms in total. The highest BCUT2D eigenvalue weighted by atomic mass is 16.6. The lowest BCUT2D eigenvalue weighted by Gasteiger charge is -2.37. The van der Waals surface area contributed by atoms with Crippen LogP contribution in [-0.4, -0.2) is 90.0 Å². The van der Waals surface area contributed by atoms with E-state index in [2.05, 4.69) is 20.3 Å². The maximum atomic E-state index is 13.0. The highest BCUT2D eigenvalue weighted by molar-refractivity contribution is 6.06. The quantitative estimate of drug-likeness (QED) is 0.103. The molecule has 2 aromatic heterocycles. The van der Waals surface area contributed by atoms with Gasteiger partial charge in [-0.3, -0.25) is 9.36 Å². The predicted octanol–water partition coefficient (Wildman–Crippen LogP) is 5.39. The van der Waals surface area contributed by atoms with Crippen molar-refractivity contribution in [2.24, 2.45) is 0 Å². The summed E-state index contributed by atoms with van der Waals surface area (Å²) in [5, 5.41) is 14.7. The van der Waals surface area contributed by atoms with Crippen molar-refractivity contribution in [3.8, 4) is 11.5 Å². The van der Waals surface area contributed by atoms with Gasteiger partial charge in [0.25, 0.3) is 5.91 Å². The molecule has 4 atom stereocenters. The van der Waals surface area contributed by atoms with Gasteiger partial charge in [-0.05, 0) is 53.1 Å². The number of ether oxygens (including phenoxy) is 6. The molecule has 0 spiro atoms. The number of nitrogens with zero attached hydrogens (tertiary/aromatic N) is 4. The summed E-state index contributed by atoms with van der Waals surface area (Å²) in [7, 11) is 4.83. The number of anilines is 1. The Kier molecular flexibility index (Phi) is 11.2. The van der Waals surface area contributed by atoms with E-state index in [1.54, 1.807) is 50.2 Å². The highest BCUT2D eigenvalue weighted by Gasteiger charge is 2.48. The van der Waals surface area contributed by atoms with Crippen molar-refractivity contribution in [3.63, 3.8) is 0 Å². The highest BCUT2D eigenvalue weighted by Crippen LogP contribution is 2.43. The third-order valence-electron chi connectivity index (χ3n) is 9.45. The Morgan fingerprint density at radius 2 is 1.41 bits per heavy atom. The number of aliphatic hydroxyl groups is 1. The Morgan fingerprint density at radius 1 is 0.796 bits per heavy atom. The van der Waals surface area contributed by atoms with E-state index in [0.29, 0.717) is 34.8 Å². The van der Waals surface area contributed by atoms with Crippen LogP contribution in [0, 0.1) is 0 Å². The van der Waals surface area contributed by atoms with Crippen LogP contribution < -0.4 is 14.8 Å². The van der Waals surface area contributed by atoms with Crippen molar-refractivity contribution in [1.82, 2.24) is 19.5 Å². The second-order valence-electron chi connectivity index (χ2n) is 12.6. The molecule has 0 saturated carbocycles. The zero-order valence-electron chi connectivity index (χ0n) is 30.1. The van der Waals surface area contributed by atoms with Crippen LogP contribution in [0.1, 0.15) is 33.3 Å². The number of aliphatic hydroxyl groups excluding tert-OH is 1. The molecular weight excluding hydrogens is 690 g/mol. The molecule has 4 aromatic carbocycles. The second kappa shape index (κ2) is 16.5. The van der Waals surface area contributed by atoms with Gasteiger partial charge < -0.3 is 38.8 Å². The molecule has 54 heavy (non-hydrogen) atoms. The summed E-state index contributed by atoms with van der Waals surface area (Å²) in [5.74, 6) is 1.28. The van der Waals surface area contributed by atoms with Crippen LogP contribution in [0.25, 0.3) is 11.2 Å². The van der Waals surface area contributed by atoms with Crippen molar-refractivity contribution in [3.05, 3.63) is 144 Å². The van der Waals surface area contributed by atoms with Crippen LogP contribution in [-0.2, 0) is 24.5 Å². The van der Waals surface area contributed by atoms with Crippen molar-refractivity contribution in [2.45, 2.75) is 30.1 Å². The topological polar surface area (TPSA) is 148 Å². The van der Waals surface area contributed by atoms with E-state index >= 15 is 0 Å². The third kappa shape index (κ3) is 7.27. The van der Waals surface area contributed by atoms with Gasteiger partial charge in [-0.15, -0.1) is 0 Å². The maximum Gasteiger partial charge on any atom is 0.256 e. The summed E-state index contributed by atoms with van der Waals surface area (Å²) in [6.07, 6.45) is -0.910. The molecule has 13 heteroatoms. The molecule has 0 radical (unpaired) electrons. The van der Waals surface area contributed by atoms with Gasteiger partial charge in [-0.25, -0.2) is 15.0 Å². The number of fused-ring (bicyclic) bond motifs is 1. The van der Waals surface area contributed by atoms with Gasteiger partial charge >= 0.3 is 0 Å². The monoisotopic (exact) mass is 731 g/mol. The molecule has 0 aliphatic carbocycles. The van der Waals surface area contributed by atoms with Crippen LogP contribution in [0.2, 0.25) is 0 Å². The lowest BCUT2D eigenvalue weighted by Crippen LogP contribution is -2.41. The van der Waals surface area contributed by atoms with Crippen molar-refractivity contribution in [1.29, 1.82) is 0 Å². The molecule has 0 unspecified atom stereocenters. The Balaban J connectivity index is 1.24. The van der Waals surface area contributed by atoms with Gasteiger partial charge in [0.15, 0.2) is 23.2 Å². The minimum Gasteiger partial charge on any atom is -0.497 e. The van der Waals surface area contributed by atoms with Gasteiger partial charge in [-0.2, -0.15) is 0 Å². The molecule has 1 aliphatic heterocycles. The summed E-state index contributed by atoms with van der Waals surface area (Å²) in [4.78, 5) is 26.2. The number of aromatic nitrogens is 4. The van der Waals surface area contributed by atoms with Crippen LogP contribution >= 0.6 is 0 Å². The first-order chi connectivity index (χ1) is 26.5. The first-order valence-electron chi connectivity index (χ1n) is 17.4. The van der Waals surface area contributed by atoms with E-state index in [-0.39, 0.29) is 24.9 Å². The summed E-state index contributed by atoms with van der Waals surface area (Å²) < 4.78 is 37.9. The number of hydrogen-bond acceptors (Lipinski definition) is 11. The Bertz CT molecular complexity index is 2080. The van der Waals surface area contributed by atoms with Gasteiger partial charge in [0, 0.05) is 12.7 Å². The van der Waals surface area contributed by atoms with Crippen LogP contribution in [0.15, 0.2) is 122 Å². The predicted molar refractivity (Wildman–Crippen MR) is 200 cm³/mol. The SMILES string of the molecule is COCCO[C@H]1[C@@H](O)[C@H](n2cnc3c(NC(=O)c4ccccc4)ncnc32)O[C@@H]1COC(c1ccccc1)(c1ccc(OC)cc1)c1ccc(OC)cc1. The molecule has 1 saturated heterocycles. The number of methoxy groups -OCH3 is 3. The number of benzene rings is 4. The number of hydrogen-bond donors (Lipinski definition) is 2. The zero-order chi connectivity index (χ0) is 37.5. The van der Waals surface area contributed by atoms with Crippen molar-refractivity contribution < 1.29 is 38.3 Å². The minimum atomic E-state index is -1.17. The van der Waals surface area contributed by atoms with E-state index in [1.807, 2.05) is 84.9 Å². The molecule has 3 heterocycles. The standard InChI is InChI=1S/C41H41N5O8/c1-49-22-23-52-36-33(54-40(35(36)47)46-26-44-34-37(42-25-43-38(34)46)45-39(48)27-10-6-4-7-11-27)24-53-41(28-12-8-5-9-13-28,29-14-18-31(50-2)19-15-29)30-16-20-32(51-3)21-17-30/h4-21,25-26,33,35-36,40,47H,22-24H2,1-3H3,(H,42,43,45,48)/t33-,35-,36-,40-/m1/s1. The molecule has 7 rings (SSSR count). The lowest BCUT2D eigenvalue weighted by molar-refractivity contribution is -0.106. The average Bonchev–Trinajstić information content (AvgIpc) is 3.80. The van der Waals surface area contributed by atoms with Crippen LogP contribution in [0.4, 0.5) is 5.82 Å². The van der Waals surface area contributed by atoms with E-state index in [1.165, 1.54) is 12.7 Å². The van der Waals surface area contributed by atoms with E-state index in [9.17, 15) is 9.90 Å². The maximum absolute atomic E-state index is 13.0. The summed E-state index contributed by atoms with van der Waals surface area (Å²) >= 11 is 0. The molecule has 1 amide bonds. The normalized spacial score (nSPS) is 18.4. The average molecular weight is 732 g/mol. The largest absolute Gasteiger partial charge is 0.497 e. The smallest absolute Gasteiger partial charge is 0.256 e. The van der Waals surface area contributed by atoms with E-state index in [0.717, 1.165) is 16.7 Å². The summed E-state index contributed by atoms with van der Waals surface area (Å²) in [5.41, 5.74) is 2.57. The molecule has 1 fully saturated rings. The van der Waals surface area contributed by atoms with Gasteiger partial charge in [0.2, 0.25) is 0 Å². The number of carbonyl (C=O) groups is 1. The first kappa shape index (κ1) is 36.6. The number of imidazole rings is 1. The molecule has 0 bridgehead atoms. The van der Waals surface area contributed by atoms with Crippen LogP contribution in [0.5, 0.6) is 11.5 Å². The fourth-order valence-corrected chi connectivity index (χ4v) is 6.74. The fourth-order valence-electron chi connectivity index (χ4n) is 6.74. The zero-order valence-corrected chi connectivity index (χ0v) is 30.1. The number of nitrogens with one attached hydrogen (secondary N) is 1. The van der Waals surface area contributed by atoms with Gasteiger partial charge in [-0.1, -0.05) is 72.8 Å². The van der Waals surface area contributed by atoms with Crippen molar-refractivity contribution in [2.75, 3.05) is 46.5 Å². The summed E-state index contributed by atoms with van der Waals surface area (Å²) in [6.45, 7) is 0.505. The Morgan fingerprint density at radius 3 is 2.02 bits per heavy atom. The van der Waals surface area contributed by atoms with Gasteiger partial charge in [0.1, 0.15) is 41.7 Å². The van der Waals surface area contributed by atoms with Crippen molar-refractivity contribution >= 4 is 22.9 Å². The molecule has 2 N–H and O–H groups in total. The van der Waals surface area contributed by atoms with Crippen LogP contribution in [0.3, 0.4) is 0 Å². The molecule has 6 aromatic rings. The Hall–Kier alpha value is -5.70. The minimum absolute atomic E-state index is 0.00183. The first-order valence-corrected chi connectivity index (χ1v) is 17.4. The van der Waals surface area contributed by atoms with Gasteiger partial charge in [0.05, 0.1) is 40.4 Å². The number of rotatable bonds is 15. The second-order valence-corrected chi connectivity index (χ2v) is 12.6. The Labute approximate surface area is 312 Å². The fraction of sp³-hybridized carbons (Fsp3) is 0.268. The summed E-state index contributed by atoms with van der Waals surface area (Å²) in [6, 6.07) is 34.2. The van der Waals surface area contributed by atoms with E-state index < -0.39 is 30.1 Å². The van der Waals surface area contributed by atoms with E-state index in [4.69, 9.17) is 28.4 Å². The number of amides is 1.